The van der Waals surface area contributed by atoms with Crippen molar-refractivity contribution in [2.45, 2.75) is 6.42 Å². The van der Waals surface area contributed by atoms with E-state index in [1.807, 2.05) is 0 Å². The summed E-state index contributed by atoms with van der Waals surface area (Å²) in [7, 11) is 3.07. The Bertz CT molecular complexity index is 725. The van der Waals surface area contributed by atoms with Crippen molar-refractivity contribution in [2.75, 3.05) is 31.4 Å². The van der Waals surface area contributed by atoms with Crippen LogP contribution in [0.25, 0.3) is 0 Å². The molecule has 0 saturated carbocycles. The number of carbonyl (C=O) groups excluding carboxylic acids is 1. The number of benzene rings is 2. The lowest BCUT2D eigenvalue weighted by atomic mass is 10.2. The average molecular weight is 353 g/mol. The number of hydrogen-bond acceptors (Lipinski definition) is 4. The van der Waals surface area contributed by atoms with E-state index in [4.69, 9.17) is 21.1 Å². The Kier molecular flexibility index (Phi) is 6.26. The summed E-state index contributed by atoms with van der Waals surface area (Å²) in [5.74, 6) is 0.482. The number of anilines is 2. The molecule has 0 atom stereocenters. The second kappa shape index (κ2) is 8.40. The van der Waals surface area contributed by atoms with E-state index in [-0.39, 0.29) is 17.4 Å². The first-order valence-corrected chi connectivity index (χ1v) is 7.62. The zero-order chi connectivity index (χ0) is 17.5. The van der Waals surface area contributed by atoms with E-state index in [1.54, 1.807) is 31.4 Å². The molecule has 128 valence electrons. The highest BCUT2D eigenvalue weighted by atomic mass is 35.5. The van der Waals surface area contributed by atoms with Crippen LogP contribution in [-0.4, -0.2) is 26.7 Å². The second-order valence-electron chi connectivity index (χ2n) is 4.92. The van der Waals surface area contributed by atoms with Crippen LogP contribution in [0.4, 0.5) is 15.8 Å². The molecule has 0 fully saturated rings. The summed E-state index contributed by atoms with van der Waals surface area (Å²) in [6.07, 6.45) is 0.239. The van der Waals surface area contributed by atoms with E-state index in [0.29, 0.717) is 29.4 Å². The first-order valence-electron chi connectivity index (χ1n) is 7.24. The molecule has 0 bridgehead atoms. The van der Waals surface area contributed by atoms with E-state index >= 15 is 0 Å². The summed E-state index contributed by atoms with van der Waals surface area (Å²) < 4.78 is 23.4. The topological polar surface area (TPSA) is 59.6 Å². The van der Waals surface area contributed by atoms with Crippen molar-refractivity contribution < 1.29 is 18.7 Å². The fourth-order valence-electron chi connectivity index (χ4n) is 2.06. The van der Waals surface area contributed by atoms with Gasteiger partial charge in [-0.3, -0.25) is 4.79 Å². The van der Waals surface area contributed by atoms with Crippen LogP contribution in [-0.2, 0) is 4.79 Å². The molecule has 24 heavy (non-hydrogen) atoms. The summed E-state index contributed by atoms with van der Waals surface area (Å²) in [4.78, 5) is 12.0. The molecule has 7 heteroatoms. The van der Waals surface area contributed by atoms with Gasteiger partial charge in [-0.2, -0.15) is 0 Å². The maximum absolute atomic E-state index is 13.1. The molecule has 0 radical (unpaired) electrons. The van der Waals surface area contributed by atoms with Crippen molar-refractivity contribution in [3.63, 3.8) is 0 Å². The van der Waals surface area contributed by atoms with Crippen LogP contribution < -0.4 is 20.1 Å². The SMILES string of the molecule is COc1ccc(NC(=O)CCNc2ccc(F)c(Cl)c2)cc1OC. The van der Waals surface area contributed by atoms with Gasteiger partial charge in [0, 0.05) is 30.4 Å². The van der Waals surface area contributed by atoms with Crippen LogP contribution in [0.15, 0.2) is 36.4 Å². The zero-order valence-electron chi connectivity index (χ0n) is 13.4. The highest BCUT2D eigenvalue weighted by Crippen LogP contribution is 2.29. The van der Waals surface area contributed by atoms with Crippen LogP contribution >= 0.6 is 11.6 Å². The fourth-order valence-corrected chi connectivity index (χ4v) is 2.24. The third-order valence-corrected chi connectivity index (χ3v) is 3.56. The summed E-state index contributed by atoms with van der Waals surface area (Å²) >= 11 is 5.70. The average Bonchev–Trinajstić information content (AvgIpc) is 2.58. The number of rotatable bonds is 7. The zero-order valence-corrected chi connectivity index (χ0v) is 14.1. The largest absolute Gasteiger partial charge is 0.493 e. The molecule has 0 aromatic heterocycles. The van der Waals surface area contributed by atoms with E-state index in [2.05, 4.69) is 10.6 Å². The van der Waals surface area contributed by atoms with E-state index < -0.39 is 5.82 Å². The van der Waals surface area contributed by atoms with Crippen molar-refractivity contribution in [1.29, 1.82) is 0 Å². The normalized spacial score (nSPS) is 10.2. The number of hydrogen-bond donors (Lipinski definition) is 2. The van der Waals surface area contributed by atoms with Crippen LogP contribution in [0.2, 0.25) is 5.02 Å². The number of carbonyl (C=O) groups is 1. The summed E-state index contributed by atoms with van der Waals surface area (Å²) in [5, 5.41) is 5.82. The fraction of sp³-hybridized carbons (Fsp3) is 0.235. The van der Waals surface area contributed by atoms with Gasteiger partial charge in [0.15, 0.2) is 11.5 Å². The maximum Gasteiger partial charge on any atom is 0.226 e. The minimum absolute atomic E-state index is 0.0368. The van der Waals surface area contributed by atoms with Crippen LogP contribution in [0.1, 0.15) is 6.42 Å². The number of amides is 1. The smallest absolute Gasteiger partial charge is 0.226 e. The summed E-state index contributed by atoms with van der Waals surface area (Å²) in [6, 6.07) is 9.44. The molecule has 0 unspecified atom stereocenters. The molecular weight excluding hydrogens is 335 g/mol. The van der Waals surface area contributed by atoms with Crippen LogP contribution in [0, 0.1) is 5.82 Å². The van der Waals surface area contributed by atoms with Crippen molar-refractivity contribution in [3.05, 3.63) is 47.2 Å². The molecule has 2 aromatic rings. The van der Waals surface area contributed by atoms with Gasteiger partial charge in [-0.15, -0.1) is 0 Å². The van der Waals surface area contributed by atoms with Gasteiger partial charge in [0.25, 0.3) is 0 Å². The predicted octanol–water partition coefficient (Wildman–Crippen LogP) is 3.94. The van der Waals surface area contributed by atoms with Gasteiger partial charge < -0.3 is 20.1 Å². The standard InChI is InChI=1S/C17H18ClFN2O3/c1-23-15-6-4-12(10-16(15)24-2)21-17(22)7-8-20-11-3-5-14(19)13(18)9-11/h3-6,9-10,20H,7-8H2,1-2H3,(H,21,22). The van der Waals surface area contributed by atoms with Gasteiger partial charge in [0.05, 0.1) is 19.2 Å². The Hall–Kier alpha value is -2.47. The van der Waals surface area contributed by atoms with E-state index in [9.17, 15) is 9.18 Å². The molecule has 0 aliphatic rings. The van der Waals surface area contributed by atoms with Gasteiger partial charge in [-0.1, -0.05) is 11.6 Å². The van der Waals surface area contributed by atoms with Gasteiger partial charge >= 0.3 is 0 Å². The van der Waals surface area contributed by atoms with Gasteiger partial charge in [0.1, 0.15) is 5.82 Å². The summed E-state index contributed by atoms with van der Waals surface area (Å²) in [6.45, 7) is 0.390. The Balaban J connectivity index is 1.86. The number of methoxy groups -OCH3 is 2. The van der Waals surface area contributed by atoms with Crippen molar-refractivity contribution in [2.24, 2.45) is 0 Å². The lowest BCUT2D eigenvalue weighted by Crippen LogP contribution is -2.16. The molecule has 2 N–H and O–H groups in total. The quantitative estimate of drug-likeness (QED) is 0.792. The molecule has 2 aromatic carbocycles. The Morgan fingerprint density at radius 1 is 1.08 bits per heavy atom. The highest BCUT2D eigenvalue weighted by Gasteiger charge is 2.08. The Labute approximate surface area is 144 Å². The van der Waals surface area contributed by atoms with Gasteiger partial charge in [-0.25, -0.2) is 4.39 Å². The molecular formula is C17H18ClFN2O3. The first kappa shape index (κ1) is 17.9. The minimum Gasteiger partial charge on any atom is -0.493 e. The number of ether oxygens (including phenoxy) is 2. The Morgan fingerprint density at radius 2 is 1.79 bits per heavy atom. The monoisotopic (exact) mass is 352 g/mol. The summed E-state index contributed by atoms with van der Waals surface area (Å²) in [5.41, 5.74) is 1.27. The van der Waals surface area contributed by atoms with E-state index in [0.717, 1.165) is 0 Å². The highest BCUT2D eigenvalue weighted by molar-refractivity contribution is 6.31. The third-order valence-electron chi connectivity index (χ3n) is 3.27. The molecule has 0 spiro atoms. The van der Waals surface area contributed by atoms with E-state index in [1.165, 1.54) is 19.2 Å². The third kappa shape index (κ3) is 4.76. The molecule has 5 nitrogen and oxygen atoms in total. The van der Waals surface area contributed by atoms with Crippen molar-refractivity contribution in [3.8, 4) is 11.5 Å². The van der Waals surface area contributed by atoms with Crippen LogP contribution in [0.5, 0.6) is 11.5 Å². The van der Waals surface area contributed by atoms with Gasteiger partial charge in [-0.05, 0) is 30.3 Å². The Morgan fingerprint density at radius 3 is 2.46 bits per heavy atom. The predicted molar refractivity (Wildman–Crippen MR) is 92.7 cm³/mol. The van der Waals surface area contributed by atoms with Gasteiger partial charge in [0.2, 0.25) is 5.91 Å². The first-order chi connectivity index (χ1) is 11.5. The molecule has 0 aliphatic carbocycles. The lowest BCUT2D eigenvalue weighted by Gasteiger charge is -2.11. The van der Waals surface area contributed by atoms with Crippen molar-refractivity contribution in [1.82, 2.24) is 0 Å². The molecule has 0 aliphatic heterocycles. The van der Waals surface area contributed by atoms with Crippen molar-refractivity contribution >= 4 is 28.9 Å². The maximum atomic E-state index is 13.1. The molecule has 0 heterocycles. The number of halogens is 2. The number of nitrogens with one attached hydrogen (secondary N) is 2. The minimum atomic E-state index is -0.478. The van der Waals surface area contributed by atoms with Crippen LogP contribution in [0.3, 0.4) is 0 Å². The molecule has 2 rings (SSSR count). The second-order valence-corrected chi connectivity index (χ2v) is 5.33. The molecule has 1 amide bonds. The molecule has 0 saturated heterocycles. The lowest BCUT2D eigenvalue weighted by molar-refractivity contribution is -0.115.